The Balaban J connectivity index is 1.74. The highest BCUT2D eigenvalue weighted by molar-refractivity contribution is 7.99. The number of nitrogens with zero attached hydrogens (tertiary/aromatic N) is 5. The average molecular weight is 343 g/mol. The van der Waals surface area contributed by atoms with Crippen LogP contribution >= 0.6 is 23.1 Å². The molecule has 0 fully saturated rings. The largest absolute Gasteiger partial charge is 0.269 e. The van der Waals surface area contributed by atoms with Gasteiger partial charge in [0.25, 0.3) is 5.69 Å². The number of thioether (sulfide) groups is 1. The molecule has 9 heteroatoms. The fourth-order valence-corrected chi connectivity index (χ4v) is 3.74. The number of nitro groups is 1. The van der Waals surface area contributed by atoms with Crippen molar-refractivity contribution in [2.45, 2.75) is 5.16 Å². The summed E-state index contributed by atoms with van der Waals surface area (Å²) >= 11 is 3.13. The summed E-state index contributed by atoms with van der Waals surface area (Å²) in [5.41, 5.74) is 1.77. The molecule has 0 N–H and O–H groups in total. The second-order valence-electron chi connectivity index (χ2n) is 4.73. The minimum Gasteiger partial charge on any atom is -0.258 e. The molecule has 0 saturated heterocycles. The lowest BCUT2D eigenvalue weighted by molar-refractivity contribution is -0.384. The fourth-order valence-electron chi connectivity index (χ4n) is 2.20. The van der Waals surface area contributed by atoms with Crippen LogP contribution in [0.25, 0.3) is 10.7 Å². The van der Waals surface area contributed by atoms with E-state index in [0.717, 1.165) is 21.3 Å². The molecule has 2 aromatic heterocycles. The summed E-state index contributed by atoms with van der Waals surface area (Å²) in [7, 11) is 0. The lowest BCUT2D eigenvalue weighted by Crippen LogP contribution is -2.13. The van der Waals surface area contributed by atoms with Crippen molar-refractivity contribution in [1.29, 1.82) is 0 Å². The normalized spacial score (nSPS) is 13.5. The van der Waals surface area contributed by atoms with Crippen molar-refractivity contribution >= 4 is 34.5 Å². The number of non-ortho nitro benzene ring substituents is 1. The lowest BCUT2D eigenvalue weighted by atomic mass is 10.1. The van der Waals surface area contributed by atoms with E-state index in [9.17, 15) is 10.1 Å². The number of benzene rings is 1. The maximum Gasteiger partial charge on any atom is 0.269 e. The van der Waals surface area contributed by atoms with Gasteiger partial charge in [0.15, 0.2) is 5.82 Å². The summed E-state index contributed by atoms with van der Waals surface area (Å²) in [5, 5.41) is 26.5. The van der Waals surface area contributed by atoms with E-state index in [0.29, 0.717) is 11.6 Å². The molecule has 0 radical (unpaired) electrons. The van der Waals surface area contributed by atoms with Crippen LogP contribution in [0.4, 0.5) is 5.69 Å². The molecule has 1 aromatic carbocycles. The highest BCUT2D eigenvalue weighted by atomic mass is 32.2. The molecule has 0 unspecified atom stereocenters. The second-order valence-corrected chi connectivity index (χ2v) is 6.62. The van der Waals surface area contributed by atoms with E-state index in [2.05, 4.69) is 15.3 Å². The summed E-state index contributed by atoms with van der Waals surface area (Å²) in [6, 6.07) is 10.4. The van der Waals surface area contributed by atoms with Crippen LogP contribution in [0.3, 0.4) is 0 Å². The number of hydrogen-bond acceptors (Lipinski definition) is 7. The van der Waals surface area contributed by atoms with Crippen LogP contribution in [0.2, 0.25) is 0 Å². The first-order valence-electron chi connectivity index (χ1n) is 6.67. The van der Waals surface area contributed by atoms with E-state index in [1.807, 2.05) is 17.5 Å². The van der Waals surface area contributed by atoms with Gasteiger partial charge in [0.05, 0.1) is 15.5 Å². The topological polar surface area (TPSA) is 86.2 Å². The maximum atomic E-state index is 10.7. The van der Waals surface area contributed by atoms with E-state index in [-0.39, 0.29) is 5.69 Å². The zero-order chi connectivity index (χ0) is 15.8. The summed E-state index contributed by atoms with van der Waals surface area (Å²) in [6.45, 7) is 0. The summed E-state index contributed by atoms with van der Waals surface area (Å²) < 4.78 is 1.73. The average Bonchev–Trinajstić information content (AvgIpc) is 3.23. The van der Waals surface area contributed by atoms with Gasteiger partial charge in [0.2, 0.25) is 5.16 Å². The molecule has 3 aromatic rings. The molecule has 0 bridgehead atoms. The zero-order valence-corrected chi connectivity index (χ0v) is 13.3. The van der Waals surface area contributed by atoms with Gasteiger partial charge in [0.1, 0.15) is 0 Å². The van der Waals surface area contributed by atoms with Crippen LogP contribution in [0.5, 0.6) is 0 Å². The Labute approximate surface area is 138 Å². The highest BCUT2D eigenvalue weighted by Gasteiger charge is 2.21. The third-order valence-corrected chi connectivity index (χ3v) is 5.12. The first-order valence-corrected chi connectivity index (χ1v) is 8.53. The van der Waals surface area contributed by atoms with Crippen molar-refractivity contribution in [3.8, 4) is 10.7 Å². The quantitative estimate of drug-likeness (QED) is 0.538. The lowest BCUT2D eigenvalue weighted by Gasteiger charge is -2.13. The minimum absolute atomic E-state index is 0.0714. The Kier molecular flexibility index (Phi) is 3.43. The Hall–Kier alpha value is -2.52. The predicted octanol–water partition coefficient (Wildman–Crippen LogP) is 3.27. The van der Waals surface area contributed by atoms with Crippen LogP contribution in [0.15, 0.2) is 52.0 Å². The smallest absolute Gasteiger partial charge is 0.258 e. The molecule has 3 heterocycles. The zero-order valence-electron chi connectivity index (χ0n) is 11.6. The number of aromatic nitrogens is 3. The van der Waals surface area contributed by atoms with Crippen LogP contribution in [-0.4, -0.2) is 31.3 Å². The molecule has 0 amide bonds. The molecule has 23 heavy (non-hydrogen) atoms. The molecular formula is C14H9N5O2S2. The number of hydrogen-bond donors (Lipinski definition) is 0. The maximum absolute atomic E-state index is 10.7. The molecule has 0 atom stereocenters. The minimum atomic E-state index is -0.409. The van der Waals surface area contributed by atoms with Gasteiger partial charge in [-0.05, 0) is 29.1 Å². The third-order valence-electron chi connectivity index (χ3n) is 3.32. The Morgan fingerprint density at radius 2 is 2.00 bits per heavy atom. The van der Waals surface area contributed by atoms with Crippen molar-refractivity contribution in [1.82, 2.24) is 14.9 Å². The van der Waals surface area contributed by atoms with E-state index in [1.165, 1.54) is 12.1 Å². The van der Waals surface area contributed by atoms with Gasteiger partial charge in [0, 0.05) is 17.9 Å². The summed E-state index contributed by atoms with van der Waals surface area (Å²) in [4.78, 5) is 11.3. The molecule has 0 saturated carbocycles. The van der Waals surface area contributed by atoms with Gasteiger partial charge in [-0.1, -0.05) is 17.8 Å². The summed E-state index contributed by atoms with van der Waals surface area (Å²) in [5.74, 6) is 1.36. The van der Waals surface area contributed by atoms with Crippen LogP contribution in [-0.2, 0) is 0 Å². The Bertz CT molecular complexity index is 900. The van der Waals surface area contributed by atoms with Gasteiger partial charge in [-0.2, -0.15) is 9.78 Å². The van der Waals surface area contributed by atoms with Gasteiger partial charge in [-0.15, -0.1) is 21.5 Å². The van der Waals surface area contributed by atoms with E-state index >= 15 is 0 Å². The standard InChI is InChI=1S/C14H9N5O2S2/c20-19(21)10-5-3-9(4-6-10)11-8-23-14-16-15-13(18(14)17-11)12-2-1-7-22-12/h1-7H,8H2. The molecule has 1 aliphatic heterocycles. The van der Waals surface area contributed by atoms with Crippen molar-refractivity contribution in [2.75, 3.05) is 5.75 Å². The number of rotatable bonds is 3. The van der Waals surface area contributed by atoms with E-state index < -0.39 is 4.92 Å². The van der Waals surface area contributed by atoms with Crippen molar-refractivity contribution in [2.24, 2.45) is 5.10 Å². The van der Waals surface area contributed by atoms with Gasteiger partial charge < -0.3 is 0 Å². The molecule has 7 nitrogen and oxygen atoms in total. The number of nitro benzene ring substituents is 1. The predicted molar refractivity (Wildman–Crippen MR) is 89.1 cm³/mol. The Morgan fingerprint density at radius 3 is 2.70 bits per heavy atom. The van der Waals surface area contributed by atoms with Crippen LogP contribution in [0, 0.1) is 10.1 Å². The second kappa shape index (κ2) is 5.60. The highest BCUT2D eigenvalue weighted by Crippen LogP contribution is 2.30. The van der Waals surface area contributed by atoms with E-state index in [1.54, 1.807) is 39.9 Å². The third kappa shape index (κ3) is 2.53. The number of thiophene rings is 1. The molecule has 0 aliphatic carbocycles. The van der Waals surface area contributed by atoms with E-state index in [4.69, 9.17) is 0 Å². The first kappa shape index (κ1) is 14.1. The van der Waals surface area contributed by atoms with Crippen LogP contribution in [0.1, 0.15) is 5.56 Å². The molecule has 4 rings (SSSR count). The molecular weight excluding hydrogens is 334 g/mol. The molecule has 1 aliphatic rings. The van der Waals surface area contributed by atoms with Gasteiger partial charge in [-0.25, -0.2) is 0 Å². The number of fused-ring (bicyclic) bond motifs is 1. The Morgan fingerprint density at radius 1 is 1.17 bits per heavy atom. The molecule has 0 spiro atoms. The van der Waals surface area contributed by atoms with Crippen LogP contribution < -0.4 is 0 Å². The SMILES string of the molecule is O=[N+]([O-])c1ccc(C2=Nn3c(nnc3-c3cccs3)SC2)cc1. The van der Waals surface area contributed by atoms with Crippen molar-refractivity contribution in [3.63, 3.8) is 0 Å². The fraction of sp³-hybridized carbons (Fsp3) is 0.0714. The first-order chi connectivity index (χ1) is 11.2. The summed E-state index contributed by atoms with van der Waals surface area (Å²) in [6.07, 6.45) is 0. The van der Waals surface area contributed by atoms with Gasteiger partial charge >= 0.3 is 0 Å². The van der Waals surface area contributed by atoms with Gasteiger partial charge in [-0.3, -0.25) is 10.1 Å². The van der Waals surface area contributed by atoms with Crippen molar-refractivity contribution < 1.29 is 4.92 Å². The molecule has 114 valence electrons. The monoisotopic (exact) mass is 343 g/mol. The van der Waals surface area contributed by atoms with Crippen molar-refractivity contribution in [3.05, 3.63) is 57.5 Å².